The summed E-state index contributed by atoms with van der Waals surface area (Å²) in [6.45, 7) is 1.90. The van der Waals surface area contributed by atoms with Gasteiger partial charge in [0.25, 0.3) is 0 Å². The first-order chi connectivity index (χ1) is 5.11. The number of halogens is 1. The number of hydrogen-bond acceptors (Lipinski definition) is 1. The van der Waals surface area contributed by atoms with Crippen LogP contribution >= 0.6 is 11.6 Å². The molecule has 0 heterocycles. The molecule has 0 aromatic heterocycles. The fraction of sp³-hybridized carbons (Fsp3) is 0.125. The summed E-state index contributed by atoms with van der Waals surface area (Å²) in [7, 11) is 0. The van der Waals surface area contributed by atoms with Crippen LogP contribution < -0.4 is 5.73 Å². The number of nitrogen functional groups attached to an aromatic ring is 1. The van der Waals surface area contributed by atoms with Crippen LogP contribution in [0, 0.1) is 12.3 Å². The molecule has 1 rings (SSSR count). The number of nitrogens with two attached hydrogens (primary N) is 1. The monoisotopic (exact) mass is 168 g/mol. The van der Waals surface area contributed by atoms with Gasteiger partial charge >= 0.3 is 0 Å². The van der Waals surface area contributed by atoms with E-state index in [4.69, 9.17) is 22.7 Å². The molecule has 11 heavy (non-hydrogen) atoms. The van der Waals surface area contributed by atoms with Gasteiger partial charge in [-0.05, 0) is 24.6 Å². The summed E-state index contributed by atoms with van der Waals surface area (Å²) in [6.07, 6.45) is 0. The second kappa shape index (κ2) is 2.93. The molecule has 58 valence electrons. The van der Waals surface area contributed by atoms with Gasteiger partial charge in [-0.25, -0.2) is 0 Å². The van der Waals surface area contributed by atoms with Crippen molar-refractivity contribution in [2.24, 2.45) is 5.73 Å². The minimum Gasteiger partial charge on any atom is -0.384 e. The Morgan fingerprint density at radius 1 is 1.55 bits per heavy atom. The topological polar surface area (TPSA) is 49.9 Å². The Labute approximate surface area is 70.5 Å². The smallest absolute Gasteiger partial charge is 0.123 e. The van der Waals surface area contributed by atoms with E-state index in [1.807, 2.05) is 13.0 Å². The van der Waals surface area contributed by atoms with Crippen molar-refractivity contribution in [3.8, 4) is 0 Å². The van der Waals surface area contributed by atoms with E-state index in [0.717, 1.165) is 5.56 Å². The van der Waals surface area contributed by atoms with Crippen molar-refractivity contribution in [2.75, 3.05) is 0 Å². The first-order valence-corrected chi connectivity index (χ1v) is 3.59. The summed E-state index contributed by atoms with van der Waals surface area (Å²) in [5.74, 6) is 0.0602. The van der Waals surface area contributed by atoms with Crippen LogP contribution in [0.25, 0.3) is 0 Å². The lowest BCUT2D eigenvalue weighted by atomic mass is 10.1. The summed E-state index contributed by atoms with van der Waals surface area (Å²) >= 11 is 5.71. The van der Waals surface area contributed by atoms with Crippen LogP contribution in [0.15, 0.2) is 18.2 Å². The molecule has 0 spiro atoms. The van der Waals surface area contributed by atoms with Gasteiger partial charge in [-0.2, -0.15) is 0 Å². The first-order valence-electron chi connectivity index (χ1n) is 3.22. The number of hydrogen-bond donors (Lipinski definition) is 2. The predicted molar refractivity (Wildman–Crippen MR) is 47.2 cm³/mol. The number of benzene rings is 1. The molecule has 0 saturated carbocycles. The van der Waals surface area contributed by atoms with E-state index in [0.29, 0.717) is 10.6 Å². The third kappa shape index (κ3) is 1.71. The quantitative estimate of drug-likeness (QED) is 0.489. The maximum atomic E-state index is 7.19. The van der Waals surface area contributed by atoms with Gasteiger partial charge in [-0.1, -0.05) is 17.7 Å². The van der Waals surface area contributed by atoms with Gasteiger partial charge in [0, 0.05) is 10.6 Å². The van der Waals surface area contributed by atoms with Gasteiger partial charge in [-0.3, -0.25) is 5.41 Å². The van der Waals surface area contributed by atoms with Crippen LogP contribution in [0.4, 0.5) is 0 Å². The molecule has 2 nitrogen and oxygen atoms in total. The molecule has 1 aromatic rings. The Kier molecular flexibility index (Phi) is 2.15. The van der Waals surface area contributed by atoms with Crippen molar-refractivity contribution in [2.45, 2.75) is 6.92 Å². The van der Waals surface area contributed by atoms with Crippen LogP contribution in [0.1, 0.15) is 11.1 Å². The highest BCUT2D eigenvalue weighted by Gasteiger charge is 2.00. The molecule has 0 aliphatic rings. The van der Waals surface area contributed by atoms with Crippen LogP contribution in [0.3, 0.4) is 0 Å². The molecule has 0 radical (unpaired) electrons. The van der Waals surface area contributed by atoms with Gasteiger partial charge in [0.2, 0.25) is 0 Å². The van der Waals surface area contributed by atoms with Crippen molar-refractivity contribution in [1.82, 2.24) is 0 Å². The van der Waals surface area contributed by atoms with E-state index >= 15 is 0 Å². The number of nitrogens with one attached hydrogen (secondary N) is 1. The van der Waals surface area contributed by atoms with Crippen molar-refractivity contribution in [1.29, 1.82) is 5.41 Å². The van der Waals surface area contributed by atoms with Gasteiger partial charge in [0.1, 0.15) is 5.84 Å². The van der Waals surface area contributed by atoms with Crippen molar-refractivity contribution >= 4 is 17.4 Å². The average molecular weight is 169 g/mol. The third-order valence-electron chi connectivity index (χ3n) is 1.49. The Hall–Kier alpha value is -1.02. The summed E-state index contributed by atoms with van der Waals surface area (Å²) in [6, 6.07) is 5.32. The largest absolute Gasteiger partial charge is 0.384 e. The lowest BCUT2D eigenvalue weighted by molar-refractivity contribution is 1.37. The lowest BCUT2D eigenvalue weighted by Gasteiger charge is -2.02. The molecule has 0 bridgehead atoms. The normalized spacial score (nSPS) is 9.64. The van der Waals surface area contributed by atoms with E-state index in [9.17, 15) is 0 Å². The fourth-order valence-electron chi connectivity index (χ4n) is 0.884. The van der Waals surface area contributed by atoms with Crippen molar-refractivity contribution < 1.29 is 0 Å². The molecule has 3 heteroatoms. The van der Waals surface area contributed by atoms with Crippen LogP contribution in [-0.2, 0) is 0 Å². The number of rotatable bonds is 1. The maximum Gasteiger partial charge on any atom is 0.123 e. The molecule has 0 fully saturated rings. The fourth-order valence-corrected chi connectivity index (χ4v) is 1.06. The van der Waals surface area contributed by atoms with Crippen LogP contribution in [-0.4, -0.2) is 5.84 Å². The summed E-state index contributed by atoms with van der Waals surface area (Å²) in [5.41, 5.74) is 6.99. The predicted octanol–water partition coefficient (Wildman–Crippen LogP) is 1.93. The van der Waals surface area contributed by atoms with E-state index in [1.54, 1.807) is 12.1 Å². The average Bonchev–Trinajstić information content (AvgIpc) is 1.94. The van der Waals surface area contributed by atoms with Crippen molar-refractivity contribution in [3.63, 3.8) is 0 Å². The SMILES string of the molecule is Cc1ccc(Cl)cc1C(=N)N. The molecule has 0 atom stereocenters. The lowest BCUT2D eigenvalue weighted by Crippen LogP contribution is -2.12. The van der Waals surface area contributed by atoms with E-state index in [1.165, 1.54) is 0 Å². The zero-order valence-electron chi connectivity index (χ0n) is 6.19. The molecule has 0 amide bonds. The minimum absolute atomic E-state index is 0.0602. The maximum absolute atomic E-state index is 7.19. The minimum atomic E-state index is 0.0602. The molecule has 0 aliphatic carbocycles. The molecule has 0 unspecified atom stereocenters. The van der Waals surface area contributed by atoms with Crippen LogP contribution in [0.5, 0.6) is 0 Å². The van der Waals surface area contributed by atoms with Crippen molar-refractivity contribution in [3.05, 3.63) is 34.3 Å². The molecule has 1 aromatic carbocycles. The highest BCUT2D eigenvalue weighted by Crippen LogP contribution is 2.14. The van der Waals surface area contributed by atoms with Gasteiger partial charge in [-0.15, -0.1) is 0 Å². The third-order valence-corrected chi connectivity index (χ3v) is 1.72. The molecule has 3 N–H and O–H groups in total. The highest BCUT2D eigenvalue weighted by molar-refractivity contribution is 6.31. The summed E-state index contributed by atoms with van der Waals surface area (Å²) < 4.78 is 0. The second-order valence-electron chi connectivity index (χ2n) is 2.37. The standard InChI is InChI=1S/C8H9ClN2/c1-5-2-3-6(9)4-7(5)8(10)11/h2-4H,1H3,(H3,10,11). The Bertz CT molecular complexity index is 294. The number of amidine groups is 1. The Balaban J connectivity index is 3.23. The summed E-state index contributed by atoms with van der Waals surface area (Å²) in [5, 5.41) is 7.80. The molecular formula is C8H9ClN2. The molecule has 0 saturated heterocycles. The van der Waals surface area contributed by atoms with E-state index < -0.39 is 0 Å². The second-order valence-corrected chi connectivity index (χ2v) is 2.81. The van der Waals surface area contributed by atoms with Gasteiger partial charge in [0.15, 0.2) is 0 Å². The molecular weight excluding hydrogens is 160 g/mol. The highest BCUT2D eigenvalue weighted by atomic mass is 35.5. The van der Waals surface area contributed by atoms with Gasteiger partial charge < -0.3 is 5.73 Å². The van der Waals surface area contributed by atoms with Crippen LogP contribution in [0.2, 0.25) is 5.02 Å². The first kappa shape index (κ1) is 8.08. The Morgan fingerprint density at radius 2 is 2.18 bits per heavy atom. The molecule has 0 aliphatic heterocycles. The van der Waals surface area contributed by atoms with Gasteiger partial charge in [0.05, 0.1) is 0 Å². The zero-order valence-corrected chi connectivity index (χ0v) is 6.94. The van der Waals surface area contributed by atoms with E-state index in [2.05, 4.69) is 0 Å². The zero-order chi connectivity index (χ0) is 8.43. The summed E-state index contributed by atoms with van der Waals surface area (Å²) in [4.78, 5) is 0. The van der Waals surface area contributed by atoms with E-state index in [-0.39, 0.29) is 5.84 Å². The Morgan fingerprint density at radius 3 is 2.64 bits per heavy atom. The number of aryl methyl sites for hydroxylation is 1.